The van der Waals surface area contributed by atoms with Gasteiger partial charge in [-0.1, -0.05) is 35.9 Å². The SMILES string of the molecule is O=C(NN(Cc1ccc(-c2cc(Cl)ccc2F)cc1)CC(O)C(=O)O)c1n[nH]c(Cl)n1. The molecule has 162 valence electrons. The van der Waals surface area contributed by atoms with Gasteiger partial charge in [0.15, 0.2) is 6.10 Å². The number of carboxylic acid groups (broad SMARTS) is 1. The Morgan fingerprint density at radius 2 is 1.90 bits per heavy atom. The van der Waals surface area contributed by atoms with Crippen LogP contribution in [0, 0.1) is 5.82 Å². The normalized spacial score (nSPS) is 12.0. The van der Waals surface area contributed by atoms with Crippen LogP contribution in [-0.2, 0) is 11.3 Å². The van der Waals surface area contributed by atoms with E-state index in [1.54, 1.807) is 24.3 Å². The highest BCUT2D eigenvalue weighted by atomic mass is 35.5. The zero-order chi connectivity index (χ0) is 22.5. The minimum absolute atomic E-state index is 0.0343. The van der Waals surface area contributed by atoms with Crippen molar-refractivity contribution in [3.05, 3.63) is 70.0 Å². The average molecular weight is 468 g/mol. The smallest absolute Gasteiger partial charge is 0.333 e. The maximum atomic E-state index is 14.1. The van der Waals surface area contributed by atoms with Crippen molar-refractivity contribution >= 4 is 35.1 Å². The molecular formula is C19H16Cl2FN5O4. The van der Waals surface area contributed by atoms with Crippen molar-refractivity contribution in [2.75, 3.05) is 6.54 Å². The monoisotopic (exact) mass is 467 g/mol. The average Bonchev–Trinajstić information content (AvgIpc) is 3.17. The Hall–Kier alpha value is -3.05. The third-order valence-electron chi connectivity index (χ3n) is 4.17. The molecule has 1 unspecified atom stereocenters. The Morgan fingerprint density at radius 1 is 1.19 bits per heavy atom. The second-order valence-corrected chi connectivity index (χ2v) is 7.24. The topological polar surface area (TPSA) is 131 Å². The molecule has 0 radical (unpaired) electrons. The number of amides is 1. The van der Waals surface area contributed by atoms with E-state index in [4.69, 9.17) is 28.3 Å². The molecule has 0 spiro atoms. The van der Waals surface area contributed by atoms with Gasteiger partial charge in [0.2, 0.25) is 11.1 Å². The van der Waals surface area contributed by atoms with Crippen LogP contribution >= 0.6 is 23.2 Å². The summed E-state index contributed by atoms with van der Waals surface area (Å²) in [5.41, 5.74) is 3.99. The molecule has 4 N–H and O–H groups in total. The number of aliphatic carboxylic acids is 1. The van der Waals surface area contributed by atoms with Crippen LogP contribution in [0.3, 0.4) is 0 Å². The molecule has 0 saturated carbocycles. The predicted molar refractivity (Wildman–Crippen MR) is 110 cm³/mol. The molecule has 0 fully saturated rings. The molecule has 2 aromatic carbocycles. The van der Waals surface area contributed by atoms with Crippen LogP contribution in [0.25, 0.3) is 11.1 Å². The molecule has 0 saturated heterocycles. The number of aromatic nitrogens is 3. The lowest BCUT2D eigenvalue weighted by Crippen LogP contribution is -2.47. The summed E-state index contributed by atoms with van der Waals surface area (Å²) in [5, 5.41) is 26.1. The number of aromatic amines is 1. The molecule has 1 atom stereocenters. The van der Waals surface area contributed by atoms with E-state index in [-0.39, 0.29) is 17.7 Å². The number of nitrogens with zero attached hydrogens (tertiary/aromatic N) is 3. The summed E-state index contributed by atoms with van der Waals surface area (Å²) >= 11 is 11.5. The molecule has 3 aromatic rings. The van der Waals surface area contributed by atoms with Gasteiger partial charge in [-0.3, -0.25) is 10.2 Å². The van der Waals surface area contributed by atoms with Crippen molar-refractivity contribution in [1.29, 1.82) is 0 Å². The predicted octanol–water partition coefficient (Wildman–Crippen LogP) is 2.51. The molecule has 9 nitrogen and oxygen atoms in total. The number of carbonyl (C=O) groups is 2. The Labute approximate surface area is 185 Å². The van der Waals surface area contributed by atoms with Crippen molar-refractivity contribution in [3.8, 4) is 11.1 Å². The first-order valence-electron chi connectivity index (χ1n) is 8.82. The van der Waals surface area contributed by atoms with E-state index in [1.807, 2.05) is 0 Å². The molecule has 0 aliphatic heterocycles. The Balaban J connectivity index is 1.77. The number of H-pyrrole nitrogens is 1. The fourth-order valence-corrected chi connectivity index (χ4v) is 3.00. The first kappa shape index (κ1) is 22.6. The molecule has 1 aromatic heterocycles. The van der Waals surface area contributed by atoms with E-state index in [0.29, 0.717) is 21.7 Å². The Kier molecular flexibility index (Phi) is 7.18. The van der Waals surface area contributed by atoms with Gasteiger partial charge in [0.05, 0.1) is 6.54 Å². The van der Waals surface area contributed by atoms with Gasteiger partial charge in [0.1, 0.15) is 5.82 Å². The van der Waals surface area contributed by atoms with Gasteiger partial charge >= 0.3 is 11.9 Å². The van der Waals surface area contributed by atoms with Crippen molar-refractivity contribution in [2.24, 2.45) is 0 Å². The van der Waals surface area contributed by atoms with Gasteiger partial charge in [-0.25, -0.2) is 19.3 Å². The van der Waals surface area contributed by atoms with Gasteiger partial charge in [-0.2, -0.15) is 4.98 Å². The van der Waals surface area contributed by atoms with Crippen molar-refractivity contribution in [1.82, 2.24) is 25.6 Å². The third-order valence-corrected chi connectivity index (χ3v) is 4.57. The zero-order valence-corrected chi connectivity index (χ0v) is 17.2. The maximum absolute atomic E-state index is 14.1. The van der Waals surface area contributed by atoms with Crippen LogP contribution < -0.4 is 5.43 Å². The number of aliphatic hydroxyl groups excluding tert-OH is 1. The van der Waals surface area contributed by atoms with E-state index < -0.39 is 30.3 Å². The molecule has 1 amide bonds. The van der Waals surface area contributed by atoms with E-state index in [0.717, 1.165) is 0 Å². The van der Waals surface area contributed by atoms with Crippen LogP contribution in [0.1, 0.15) is 16.2 Å². The standard InChI is InChI=1S/C19H16Cl2FN5O4/c20-12-5-6-14(22)13(7-12)11-3-1-10(2-4-11)8-27(9-15(28)18(30)31)26-17(29)16-23-19(21)25-24-16/h1-7,15,28H,8-9H2,(H,26,29)(H,30,31)(H,23,24,25). The summed E-state index contributed by atoms with van der Waals surface area (Å²) < 4.78 is 14.1. The summed E-state index contributed by atoms with van der Waals surface area (Å²) in [5.74, 6) is -2.89. The summed E-state index contributed by atoms with van der Waals surface area (Å²) in [6.07, 6.45) is -1.75. The first-order valence-corrected chi connectivity index (χ1v) is 9.57. The molecule has 31 heavy (non-hydrogen) atoms. The van der Waals surface area contributed by atoms with E-state index >= 15 is 0 Å². The fraction of sp³-hybridized carbons (Fsp3) is 0.158. The fourth-order valence-electron chi connectivity index (χ4n) is 2.70. The zero-order valence-electron chi connectivity index (χ0n) is 15.7. The van der Waals surface area contributed by atoms with Gasteiger partial charge in [0.25, 0.3) is 0 Å². The minimum atomic E-state index is -1.75. The minimum Gasteiger partial charge on any atom is -0.479 e. The van der Waals surface area contributed by atoms with E-state index in [9.17, 15) is 19.1 Å². The van der Waals surface area contributed by atoms with Crippen LogP contribution in [0.4, 0.5) is 4.39 Å². The lowest BCUT2D eigenvalue weighted by atomic mass is 10.0. The second kappa shape index (κ2) is 9.84. The van der Waals surface area contributed by atoms with Crippen molar-refractivity contribution in [3.63, 3.8) is 0 Å². The number of carboxylic acids is 1. The number of hydrogen-bond acceptors (Lipinski definition) is 6. The number of aliphatic hydroxyl groups is 1. The van der Waals surface area contributed by atoms with E-state index in [2.05, 4.69) is 20.6 Å². The number of rotatable bonds is 8. The number of hydrazine groups is 1. The number of halogens is 3. The lowest BCUT2D eigenvalue weighted by molar-refractivity contribution is -0.148. The number of benzene rings is 2. The summed E-state index contributed by atoms with van der Waals surface area (Å²) in [7, 11) is 0. The highest BCUT2D eigenvalue weighted by Gasteiger charge is 2.22. The van der Waals surface area contributed by atoms with Crippen molar-refractivity contribution < 1.29 is 24.2 Å². The quantitative estimate of drug-likeness (QED) is 0.374. The molecule has 0 aliphatic rings. The number of nitrogens with one attached hydrogen (secondary N) is 2. The number of hydrogen-bond donors (Lipinski definition) is 4. The largest absolute Gasteiger partial charge is 0.479 e. The first-order chi connectivity index (χ1) is 14.7. The van der Waals surface area contributed by atoms with Gasteiger partial charge in [-0.05, 0) is 40.9 Å². The third kappa shape index (κ3) is 5.98. The summed E-state index contributed by atoms with van der Waals surface area (Å²) in [6.45, 7) is -0.379. The Morgan fingerprint density at radius 3 is 2.52 bits per heavy atom. The lowest BCUT2D eigenvalue weighted by Gasteiger charge is -2.24. The summed E-state index contributed by atoms with van der Waals surface area (Å²) in [4.78, 5) is 27.0. The highest BCUT2D eigenvalue weighted by Crippen LogP contribution is 2.26. The van der Waals surface area contributed by atoms with Crippen LogP contribution in [-0.4, -0.2) is 54.9 Å². The molecule has 3 rings (SSSR count). The van der Waals surface area contributed by atoms with Crippen LogP contribution in [0.15, 0.2) is 42.5 Å². The maximum Gasteiger partial charge on any atom is 0.333 e. The molecular weight excluding hydrogens is 452 g/mol. The van der Waals surface area contributed by atoms with Crippen LogP contribution in [0.2, 0.25) is 10.3 Å². The molecule has 0 aliphatic carbocycles. The second-order valence-electron chi connectivity index (χ2n) is 6.45. The van der Waals surface area contributed by atoms with Gasteiger partial charge < -0.3 is 10.2 Å². The Bertz CT molecular complexity index is 1090. The number of carbonyl (C=O) groups excluding carboxylic acids is 1. The van der Waals surface area contributed by atoms with Gasteiger partial charge in [-0.15, -0.1) is 5.10 Å². The molecule has 1 heterocycles. The van der Waals surface area contributed by atoms with E-state index in [1.165, 1.54) is 23.2 Å². The van der Waals surface area contributed by atoms with Crippen LogP contribution in [0.5, 0.6) is 0 Å². The summed E-state index contributed by atoms with van der Waals surface area (Å²) in [6, 6.07) is 10.9. The molecule has 12 heteroatoms. The van der Waals surface area contributed by atoms with Crippen molar-refractivity contribution in [2.45, 2.75) is 12.6 Å². The highest BCUT2D eigenvalue weighted by molar-refractivity contribution is 6.30. The molecule has 0 bridgehead atoms. The van der Waals surface area contributed by atoms with Gasteiger partial charge in [0, 0.05) is 17.1 Å².